The summed E-state index contributed by atoms with van der Waals surface area (Å²) in [4.78, 5) is 4.06. The van der Waals surface area contributed by atoms with E-state index in [4.69, 9.17) is 0 Å². The molecule has 1 aromatic heterocycles. The molecule has 1 N–H and O–H groups in total. The van der Waals surface area contributed by atoms with Gasteiger partial charge in [0.2, 0.25) is 0 Å². The Labute approximate surface area is 109 Å². The van der Waals surface area contributed by atoms with E-state index in [0.29, 0.717) is 6.04 Å². The first-order valence-corrected chi connectivity index (χ1v) is 6.66. The highest BCUT2D eigenvalue weighted by atomic mass is 15.0. The van der Waals surface area contributed by atoms with Crippen molar-refractivity contribution in [1.82, 2.24) is 14.9 Å². The maximum atomic E-state index is 4.06. The number of nitrogens with one attached hydrogen (secondary N) is 1. The Balaban J connectivity index is 2.11. The monoisotopic (exact) mass is 243 g/mol. The zero-order chi connectivity index (χ0) is 12.8. The molecule has 1 unspecified atom stereocenters. The molecule has 0 bridgehead atoms. The number of aromatic nitrogens is 2. The quantitative estimate of drug-likeness (QED) is 0.843. The van der Waals surface area contributed by atoms with Gasteiger partial charge in [-0.1, -0.05) is 26.0 Å². The molecule has 18 heavy (non-hydrogen) atoms. The number of nitrogens with zero attached hydrogens (tertiary/aromatic N) is 2. The largest absolute Gasteiger partial charge is 0.310 e. The molecule has 1 heterocycles. The van der Waals surface area contributed by atoms with Crippen molar-refractivity contribution in [3.8, 4) is 5.69 Å². The van der Waals surface area contributed by atoms with Crippen LogP contribution in [0, 0.1) is 0 Å². The van der Waals surface area contributed by atoms with E-state index in [-0.39, 0.29) is 0 Å². The van der Waals surface area contributed by atoms with Crippen LogP contribution in [-0.4, -0.2) is 16.1 Å². The van der Waals surface area contributed by atoms with Crippen LogP contribution in [0.5, 0.6) is 0 Å². The molecule has 0 radical (unpaired) electrons. The van der Waals surface area contributed by atoms with Crippen molar-refractivity contribution in [3.05, 3.63) is 48.5 Å². The van der Waals surface area contributed by atoms with Gasteiger partial charge in [0.15, 0.2) is 0 Å². The highest BCUT2D eigenvalue weighted by Gasteiger charge is 2.07. The van der Waals surface area contributed by atoms with Gasteiger partial charge in [0.05, 0.1) is 6.33 Å². The van der Waals surface area contributed by atoms with Crippen LogP contribution >= 0.6 is 0 Å². The van der Waals surface area contributed by atoms with Crippen molar-refractivity contribution in [3.63, 3.8) is 0 Å². The fraction of sp³-hybridized carbons (Fsp3) is 0.400. The lowest BCUT2D eigenvalue weighted by Gasteiger charge is -2.17. The maximum absolute atomic E-state index is 4.06. The zero-order valence-corrected chi connectivity index (χ0v) is 11.1. The van der Waals surface area contributed by atoms with Gasteiger partial charge in [-0.05, 0) is 37.1 Å². The van der Waals surface area contributed by atoms with E-state index in [0.717, 1.165) is 18.7 Å². The minimum atomic E-state index is 0.460. The second kappa shape index (κ2) is 6.36. The van der Waals surface area contributed by atoms with Gasteiger partial charge in [0.1, 0.15) is 0 Å². The Kier molecular flexibility index (Phi) is 4.53. The second-order valence-corrected chi connectivity index (χ2v) is 4.48. The molecule has 0 fully saturated rings. The average Bonchev–Trinajstić information content (AvgIpc) is 2.94. The fourth-order valence-corrected chi connectivity index (χ4v) is 2.11. The van der Waals surface area contributed by atoms with Crippen molar-refractivity contribution in [2.24, 2.45) is 0 Å². The summed E-state index contributed by atoms with van der Waals surface area (Å²) in [6.07, 6.45) is 7.86. The van der Waals surface area contributed by atoms with Crippen molar-refractivity contribution in [2.45, 2.75) is 32.7 Å². The van der Waals surface area contributed by atoms with E-state index in [1.807, 2.05) is 17.1 Å². The number of rotatable bonds is 6. The van der Waals surface area contributed by atoms with Gasteiger partial charge in [0.25, 0.3) is 0 Å². The Hall–Kier alpha value is -1.61. The summed E-state index contributed by atoms with van der Waals surface area (Å²) in [6, 6.07) is 9.15. The Bertz CT molecular complexity index is 445. The third kappa shape index (κ3) is 2.99. The topological polar surface area (TPSA) is 29.9 Å². The molecule has 0 saturated heterocycles. The number of benzene rings is 1. The minimum Gasteiger partial charge on any atom is -0.310 e. The van der Waals surface area contributed by atoms with Gasteiger partial charge in [0, 0.05) is 24.1 Å². The molecule has 1 atom stereocenters. The summed E-state index contributed by atoms with van der Waals surface area (Å²) in [5, 5.41) is 3.57. The van der Waals surface area contributed by atoms with Crippen LogP contribution in [0.2, 0.25) is 0 Å². The van der Waals surface area contributed by atoms with Crippen molar-refractivity contribution >= 4 is 0 Å². The van der Waals surface area contributed by atoms with E-state index in [9.17, 15) is 0 Å². The fourth-order valence-electron chi connectivity index (χ4n) is 2.11. The van der Waals surface area contributed by atoms with Gasteiger partial charge < -0.3 is 9.88 Å². The highest BCUT2D eigenvalue weighted by Crippen LogP contribution is 2.18. The summed E-state index contributed by atoms with van der Waals surface area (Å²) in [6.45, 7) is 5.49. The molecule has 3 heteroatoms. The molecule has 2 rings (SSSR count). The van der Waals surface area contributed by atoms with Crippen LogP contribution in [0.25, 0.3) is 5.69 Å². The summed E-state index contributed by atoms with van der Waals surface area (Å²) < 4.78 is 2.02. The molecule has 3 nitrogen and oxygen atoms in total. The van der Waals surface area contributed by atoms with Crippen LogP contribution in [0.3, 0.4) is 0 Å². The zero-order valence-electron chi connectivity index (χ0n) is 11.1. The van der Waals surface area contributed by atoms with Crippen molar-refractivity contribution < 1.29 is 0 Å². The van der Waals surface area contributed by atoms with Crippen molar-refractivity contribution in [2.75, 3.05) is 6.54 Å². The molecule has 1 aromatic carbocycles. The SMILES string of the molecule is CCCNC(CC)c1ccc(-n2ccnc2)cc1. The van der Waals surface area contributed by atoms with E-state index in [1.165, 1.54) is 12.0 Å². The lowest BCUT2D eigenvalue weighted by atomic mass is 10.0. The van der Waals surface area contributed by atoms with Gasteiger partial charge in [-0.2, -0.15) is 0 Å². The predicted octanol–water partition coefficient (Wildman–Crippen LogP) is 3.32. The molecule has 0 spiro atoms. The van der Waals surface area contributed by atoms with Crippen LogP contribution in [-0.2, 0) is 0 Å². The standard InChI is InChI=1S/C15H21N3/c1-3-9-17-15(4-2)13-5-7-14(8-6-13)18-11-10-16-12-18/h5-8,10-12,15,17H,3-4,9H2,1-2H3. The first kappa shape index (κ1) is 12.8. The van der Waals surface area contributed by atoms with Gasteiger partial charge in [-0.15, -0.1) is 0 Å². The van der Waals surface area contributed by atoms with E-state index in [1.54, 1.807) is 6.20 Å². The third-order valence-corrected chi connectivity index (χ3v) is 3.15. The highest BCUT2D eigenvalue weighted by molar-refractivity contribution is 5.35. The van der Waals surface area contributed by atoms with Gasteiger partial charge in [-0.3, -0.25) is 0 Å². The third-order valence-electron chi connectivity index (χ3n) is 3.15. The smallest absolute Gasteiger partial charge is 0.0991 e. The van der Waals surface area contributed by atoms with Crippen LogP contribution in [0.15, 0.2) is 43.0 Å². The molecule has 0 aliphatic heterocycles. The predicted molar refractivity (Wildman–Crippen MR) is 74.9 cm³/mol. The number of hydrogen-bond donors (Lipinski definition) is 1. The lowest BCUT2D eigenvalue weighted by molar-refractivity contribution is 0.518. The Morgan fingerprint density at radius 3 is 2.56 bits per heavy atom. The molecule has 0 saturated carbocycles. The molecular formula is C15H21N3. The molecular weight excluding hydrogens is 222 g/mol. The Morgan fingerprint density at radius 2 is 2.00 bits per heavy atom. The first-order valence-electron chi connectivity index (χ1n) is 6.66. The first-order chi connectivity index (χ1) is 8.85. The van der Waals surface area contributed by atoms with Gasteiger partial charge >= 0.3 is 0 Å². The molecule has 2 aromatic rings. The minimum absolute atomic E-state index is 0.460. The average molecular weight is 243 g/mol. The summed E-state index contributed by atoms with van der Waals surface area (Å²) in [5.41, 5.74) is 2.51. The van der Waals surface area contributed by atoms with Gasteiger partial charge in [-0.25, -0.2) is 4.98 Å². The van der Waals surface area contributed by atoms with E-state index < -0.39 is 0 Å². The number of hydrogen-bond acceptors (Lipinski definition) is 2. The van der Waals surface area contributed by atoms with Crippen LogP contribution < -0.4 is 5.32 Å². The van der Waals surface area contributed by atoms with Crippen molar-refractivity contribution in [1.29, 1.82) is 0 Å². The van der Waals surface area contributed by atoms with E-state index in [2.05, 4.69) is 48.4 Å². The maximum Gasteiger partial charge on any atom is 0.0991 e. The summed E-state index contributed by atoms with van der Waals surface area (Å²) in [7, 11) is 0. The van der Waals surface area contributed by atoms with Crippen LogP contribution in [0.1, 0.15) is 38.3 Å². The summed E-state index contributed by atoms with van der Waals surface area (Å²) >= 11 is 0. The molecule has 0 aliphatic carbocycles. The lowest BCUT2D eigenvalue weighted by Crippen LogP contribution is -2.21. The normalized spacial score (nSPS) is 12.6. The van der Waals surface area contributed by atoms with E-state index >= 15 is 0 Å². The molecule has 96 valence electrons. The molecule has 0 amide bonds. The molecule has 0 aliphatic rings. The number of imidazole rings is 1. The van der Waals surface area contributed by atoms with Crippen LogP contribution in [0.4, 0.5) is 0 Å². The summed E-state index contributed by atoms with van der Waals surface area (Å²) in [5.74, 6) is 0. The Morgan fingerprint density at radius 1 is 1.22 bits per heavy atom. The second-order valence-electron chi connectivity index (χ2n) is 4.48.